The fourth-order valence-corrected chi connectivity index (χ4v) is 3.44. The van der Waals surface area contributed by atoms with Crippen LogP contribution in [0.5, 0.6) is 0 Å². The first-order valence-electron chi connectivity index (χ1n) is 8.12. The van der Waals surface area contributed by atoms with Crippen molar-refractivity contribution >= 4 is 17.5 Å². The van der Waals surface area contributed by atoms with E-state index in [9.17, 15) is 14.4 Å². The third kappa shape index (κ3) is 3.54. The minimum absolute atomic E-state index is 0.102. The van der Waals surface area contributed by atoms with Crippen LogP contribution >= 0.6 is 0 Å². The van der Waals surface area contributed by atoms with Crippen molar-refractivity contribution in [1.82, 2.24) is 10.6 Å². The van der Waals surface area contributed by atoms with E-state index in [1.54, 1.807) is 0 Å². The zero-order valence-electron chi connectivity index (χ0n) is 14.7. The molecule has 0 aromatic carbocycles. The van der Waals surface area contributed by atoms with Crippen molar-refractivity contribution in [1.29, 1.82) is 0 Å². The molecule has 1 amide bonds. The van der Waals surface area contributed by atoms with Gasteiger partial charge in [0.25, 0.3) is 0 Å². The molecule has 2 atom stereocenters. The summed E-state index contributed by atoms with van der Waals surface area (Å²) in [4.78, 5) is 34.7. The highest BCUT2D eigenvalue weighted by molar-refractivity contribution is 6.19. The molecule has 1 aliphatic carbocycles. The van der Waals surface area contributed by atoms with Gasteiger partial charge in [0, 0.05) is 28.7 Å². The quantitative estimate of drug-likeness (QED) is 0.721. The Morgan fingerprint density at radius 2 is 1.70 bits per heavy atom. The van der Waals surface area contributed by atoms with Gasteiger partial charge in [0.2, 0.25) is 5.91 Å². The van der Waals surface area contributed by atoms with Crippen molar-refractivity contribution in [2.24, 2.45) is 17.8 Å². The van der Waals surface area contributed by atoms with Gasteiger partial charge in [-0.2, -0.15) is 0 Å². The highest BCUT2D eigenvalue weighted by Crippen LogP contribution is 2.39. The van der Waals surface area contributed by atoms with Crippen LogP contribution in [0.15, 0.2) is 22.9 Å². The van der Waals surface area contributed by atoms with E-state index in [4.69, 9.17) is 0 Å². The Hall–Kier alpha value is -1.91. The second-order valence-corrected chi connectivity index (χ2v) is 7.47. The summed E-state index contributed by atoms with van der Waals surface area (Å²) in [6.07, 6.45) is 1.91. The fourth-order valence-electron chi connectivity index (χ4n) is 3.44. The van der Waals surface area contributed by atoms with Crippen LogP contribution in [0.4, 0.5) is 0 Å². The van der Waals surface area contributed by atoms with Crippen LogP contribution in [0.1, 0.15) is 41.5 Å². The van der Waals surface area contributed by atoms with E-state index in [1.165, 1.54) is 0 Å². The molecule has 5 heteroatoms. The number of carbonyl (C=O) groups excluding carboxylic acids is 3. The Morgan fingerprint density at radius 3 is 2.13 bits per heavy atom. The number of Topliss-reactive ketones (excluding diaryl/α,β-unsaturated/α-hetero) is 2. The monoisotopic (exact) mass is 318 g/mol. The SMILES string of the molecule is CC1=C2C(=O)C(C)C(C(C)C)C(=O)C2=CC(C)(C)N1.O=C1CN1. The molecule has 5 nitrogen and oxygen atoms in total. The van der Waals surface area contributed by atoms with Gasteiger partial charge in [-0.05, 0) is 32.8 Å². The van der Waals surface area contributed by atoms with Gasteiger partial charge in [0.1, 0.15) is 0 Å². The molecular weight excluding hydrogens is 292 g/mol. The number of dihydropyridines is 1. The maximum atomic E-state index is 12.7. The lowest BCUT2D eigenvalue weighted by molar-refractivity contribution is -0.132. The van der Waals surface area contributed by atoms with Crippen LogP contribution < -0.4 is 10.6 Å². The Bertz CT molecular complexity index is 620. The van der Waals surface area contributed by atoms with E-state index in [1.807, 2.05) is 47.6 Å². The summed E-state index contributed by atoms with van der Waals surface area (Å²) in [5.41, 5.74) is 1.78. The molecule has 3 rings (SSSR count). The van der Waals surface area contributed by atoms with Gasteiger partial charge in [-0.15, -0.1) is 0 Å². The molecule has 2 aliphatic heterocycles. The molecule has 2 unspecified atom stereocenters. The first-order chi connectivity index (χ1) is 10.5. The van der Waals surface area contributed by atoms with Crippen molar-refractivity contribution in [3.8, 4) is 0 Å². The number of allylic oxidation sites excluding steroid dienone is 3. The maximum absolute atomic E-state index is 12.7. The predicted molar refractivity (Wildman–Crippen MR) is 88.5 cm³/mol. The van der Waals surface area contributed by atoms with E-state index < -0.39 is 0 Å². The van der Waals surface area contributed by atoms with Crippen LogP contribution in [-0.4, -0.2) is 29.6 Å². The average Bonchev–Trinajstić information content (AvgIpc) is 3.17. The highest BCUT2D eigenvalue weighted by atomic mass is 16.2. The molecular formula is C18H26N2O3. The van der Waals surface area contributed by atoms with Gasteiger partial charge in [-0.25, -0.2) is 0 Å². The zero-order chi connectivity index (χ0) is 17.5. The van der Waals surface area contributed by atoms with Gasteiger partial charge >= 0.3 is 0 Å². The molecule has 2 fully saturated rings. The van der Waals surface area contributed by atoms with Crippen LogP contribution in [0.2, 0.25) is 0 Å². The van der Waals surface area contributed by atoms with E-state index in [-0.39, 0.29) is 40.8 Å². The van der Waals surface area contributed by atoms with Gasteiger partial charge in [0.05, 0.1) is 12.1 Å². The molecule has 0 bridgehead atoms. The minimum atomic E-state index is -0.277. The molecule has 0 radical (unpaired) electrons. The summed E-state index contributed by atoms with van der Waals surface area (Å²) in [5.74, 6) is 0.171. The summed E-state index contributed by atoms with van der Waals surface area (Å²) in [7, 11) is 0. The minimum Gasteiger partial charge on any atom is -0.380 e. The summed E-state index contributed by atoms with van der Waals surface area (Å²) in [6, 6.07) is 0. The smallest absolute Gasteiger partial charge is 0.239 e. The zero-order valence-corrected chi connectivity index (χ0v) is 14.7. The van der Waals surface area contributed by atoms with Crippen molar-refractivity contribution in [3.63, 3.8) is 0 Å². The summed E-state index contributed by atoms with van der Waals surface area (Å²) in [5, 5.41) is 5.76. The van der Waals surface area contributed by atoms with Crippen molar-refractivity contribution < 1.29 is 14.4 Å². The summed E-state index contributed by atoms with van der Waals surface area (Å²) < 4.78 is 0. The lowest BCUT2D eigenvalue weighted by Gasteiger charge is -2.39. The molecule has 126 valence electrons. The van der Waals surface area contributed by atoms with Crippen LogP contribution in [0.25, 0.3) is 0 Å². The molecule has 0 aromatic rings. The third-order valence-corrected chi connectivity index (χ3v) is 4.47. The lowest BCUT2D eigenvalue weighted by atomic mass is 9.67. The molecule has 2 N–H and O–H groups in total. The fraction of sp³-hybridized carbons (Fsp3) is 0.611. The second-order valence-electron chi connectivity index (χ2n) is 7.47. The lowest BCUT2D eigenvalue weighted by Crippen LogP contribution is -2.47. The second kappa shape index (κ2) is 5.95. The molecule has 2 heterocycles. The number of amides is 1. The van der Waals surface area contributed by atoms with E-state index in [0.717, 1.165) is 5.70 Å². The summed E-state index contributed by atoms with van der Waals surface area (Å²) in [6.45, 7) is 12.4. The largest absolute Gasteiger partial charge is 0.380 e. The van der Waals surface area contributed by atoms with Crippen molar-refractivity contribution in [3.05, 3.63) is 22.9 Å². The number of nitrogens with one attached hydrogen (secondary N) is 2. The van der Waals surface area contributed by atoms with Crippen LogP contribution in [0, 0.1) is 17.8 Å². The third-order valence-electron chi connectivity index (χ3n) is 4.47. The maximum Gasteiger partial charge on any atom is 0.239 e. The Balaban J connectivity index is 0.000000417. The molecule has 0 spiro atoms. The van der Waals surface area contributed by atoms with Gasteiger partial charge in [-0.1, -0.05) is 20.8 Å². The van der Waals surface area contributed by atoms with Crippen LogP contribution in [0.3, 0.4) is 0 Å². The topological polar surface area (TPSA) is 85.2 Å². The molecule has 1 saturated carbocycles. The van der Waals surface area contributed by atoms with E-state index >= 15 is 0 Å². The number of hydrogen-bond acceptors (Lipinski definition) is 4. The van der Waals surface area contributed by atoms with Crippen molar-refractivity contribution in [2.45, 2.75) is 47.1 Å². The van der Waals surface area contributed by atoms with Gasteiger partial charge in [-0.3, -0.25) is 14.4 Å². The first kappa shape index (κ1) is 17.4. The molecule has 23 heavy (non-hydrogen) atoms. The number of hydrogen-bond donors (Lipinski definition) is 2. The Kier molecular flexibility index (Phi) is 4.51. The first-order valence-corrected chi connectivity index (χ1v) is 8.12. The van der Waals surface area contributed by atoms with Crippen LogP contribution in [-0.2, 0) is 14.4 Å². The normalized spacial score (nSPS) is 28.3. The molecule has 1 saturated heterocycles. The average molecular weight is 318 g/mol. The highest BCUT2D eigenvalue weighted by Gasteiger charge is 2.45. The number of ketones is 2. The predicted octanol–water partition coefficient (Wildman–Crippen LogP) is 1.74. The Morgan fingerprint density at radius 1 is 1.17 bits per heavy atom. The number of fused-ring (bicyclic) bond motifs is 1. The van der Waals surface area contributed by atoms with Gasteiger partial charge in [0.15, 0.2) is 11.6 Å². The number of rotatable bonds is 1. The van der Waals surface area contributed by atoms with Gasteiger partial charge < -0.3 is 10.6 Å². The Labute approximate surface area is 137 Å². The standard InChI is InChI=1S/C16H23NO2.C2H3NO/c1-8(2)12-9(3)14(18)13-10(4)17-16(5,6)7-11(13)15(12)19;4-2-1-3-2/h7-9,12,17H,1-6H3;1H2,(H,3,4). The summed E-state index contributed by atoms with van der Waals surface area (Å²) >= 11 is 0. The number of carbonyl (C=O) groups is 3. The van der Waals surface area contributed by atoms with Crippen molar-refractivity contribution in [2.75, 3.05) is 6.54 Å². The molecule has 3 aliphatic rings. The van der Waals surface area contributed by atoms with E-state index in [2.05, 4.69) is 10.6 Å². The van der Waals surface area contributed by atoms with E-state index in [0.29, 0.717) is 17.7 Å². The molecule has 0 aromatic heterocycles.